The molecule has 0 saturated heterocycles. The molecule has 1 aliphatic heterocycles. The lowest BCUT2D eigenvalue weighted by Crippen LogP contribution is -2.25. The third-order valence-electron chi connectivity index (χ3n) is 3.75. The quantitative estimate of drug-likeness (QED) is 0.922. The van der Waals surface area contributed by atoms with Crippen molar-refractivity contribution in [2.24, 2.45) is 0 Å². The first-order valence-corrected chi connectivity index (χ1v) is 6.86. The van der Waals surface area contributed by atoms with E-state index in [4.69, 9.17) is 5.11 Å². The van der Waals surface area contributed by atoms with Crippen LogP contribution in [-0.2, 0) is 13.0 Å². The molecule has 1 N–H and O–H groups in total. The van der Waals surface area contributed by atoms with Crippen molar-refractivity contribution in [2.75, 3.05) is 11.4 Å². The summed E-state index contributed by atoms with van der Waals surface area (Å²) in [5, 5.41) is 9.02. The van der Waals surface area contributed by atoms with E-state index in [9.17, 15) is 9.18 Å². The predicted octanol–water partition coefficient (Wildman–Crippen LogP) is 2.87. The Hall–Kier alpha value is -2.43. The summed E-state index contributed by atoms with van der Waals surface area (Å²) in [7, 11) is 0. The molecule has 0 bridgehead atoms. The fourth-order valence-electron chi connectivity index (χ4n) is 2.70. The van der Waals surface area contributed by atoms with Crippen LogP contribution < -0.4 is 4.90 Å². The molecule has 0 amide bonds. The van der Waals surface area contributed by atoms with Crippen molar-refractivity contribution in [2.45, 2.75) is 19.4 Å². The summed E-state index contributed by atoms with van der Waals surface area (Å²) in [6.45, 7) is 1.20. The van der Waals surface area contributed by atoms with Crippen molar-refractivity contribution in [1.29, 1.82) is 0 Å². The molecule has 1 aliphatic rings. The minimum absolute atomic E-state index is 0.117. The molecule has 4 nitrogen and oxygen atoms in total. The summed E-state index contributed by atoms with van der Waals surface area (Å²) in [4.78, 5) is 16.9. The van der Waals surface area contributed by atoms with E-state index in [-0.39, 0.29) is 11.4 Å². The topological polar surface area (TPSA) is 53.4 Å². The highest BCUT2D eigenvalue weighted by Gasteiger charge is 2.22. The summed E-state index contributed by atoms with van der Waals surface area (Å²) >= 11 is 0. The molecular formula is C16H15FN2O2. The largest absolute Gasteiger partial charge is 0.478 e. The number of aromatic carboxylic acids is 1. The predicted molar refractivity (Wildman–Crippen MR) is 77.0 cm³/mol. The fourth-order valence-corrected chi connectivity index (χ4v) is 2.70. The van der Waals surface area contributed by atoms with Gasteiger partial charge in [0.05, 0.1) is 0 Å². The van der Waals surface area contributed by atoms with Gasteiger partial charge in [-0.1, -0.05) is 24.3 Å². The van der Waals surface area contributed by atoms with Crippen LogP contribution in [0.25, 0.3) is 0 Å². The van der Waals surface area contributed by atoms with Gasteiger partial charge in [0.25, 0.3) is 0 Å². The van der Waals surface area contributed by atoms with E-state index in [2.05, 4.69) is 11.1 Å². The number of aryl methyl sites for hydroxylation is 1. The van der Waals surface area contributed by atoms with Gasteiger partial charge in [-0.05, 0) is 30.0 Å². The number of carboxylic acids is 1. The van der Waals surface area contributed by atoms with Crippen molar-refractivity contribution >= 4 is 11.8 Å². The Labute approximate surface area is 121 Å². The molecule has 21 heavy (non-hydrogen) atoms. The van der Waals surface area contributed by atoms with Crippen LogP contribution in [0.1, 0.15) is 27.9 Å². The van der Waals surface area contributed by atoms with Crippen LogP contribution in [0.2, 0.25) is 0 Å². The molecule has 108 valence electrons. The normalized spacial score (nSPS) is 14.4. The van der Waals surface area contributed by atoms with Crippen LogP contribution >= 0.6 is 0 Å². The van der Waals surface area contributed by atoms with Gasteiger partial charge in [0.1, 0.15) is 5.56 Å². The van der Waals surface area contributed by atoms with E-state index in [0.29, 0.717) is 13.1 Å². The second-order valence-electron chi connectivity index (χ2n) is 5.10. The number of rotatable bonds is 2. The lowest BCUT2D eigenvalue weighted by molar-refractivity contribution is 0.0691. The van der Waals surface area contributed by atoms with E-state index in [1.54, 1.807) is 0 Å². The molecule has 2 aromatic rings. The molecule has 1 aromatic carbocycles. The van der Waals surface area contributed by atoms with Gasteiger partial charge in [-0.25, -0.2) is 14.2 Å². The Morgan fingerprint density at radius 3 is 2.76 bits per heavy atom. The molecule has 0 aliphatic carbocycles. The molecule has 0 unspecified atom stereocenters. The zero-order valence-corrected chi connectivity index (χ0v) is 11.4. The number of fused-ring (bicyclic) bond motifs is 1. The smallest absolute Gasteiger partial charge is 0.338 e. The fraction of sp³-hybridized carbons (Fsp3) is 0.250. The summed E-state index contributed by atoms with van der Waals surface area (Å²) in [5.74, 6) is -1.91. The summed E-state index contributed by atoms with van der Waals surface area (Å²) in [5.41, 5.74) is 2.06. The highest BCUT2D eigenvalue weighted by molar-refractivity contribution is 5.88. The first kappa shape index (κ1) is 13.5. The van der Waals surface area contributed by atoms with Gasteiger partial charge in [-0.3, -0.25) is 0 Å². The van der Waals surface area contributed by atoms with Gasteiger partial charge < -0.3 is 10.0 Å². The first-order valence-electron chi connectivity index (χ1n) is 6.86. The van der Waals surface area contributed by atoms with E-state index < -0.39 is 11.8 Å². The van der Waals surface area contributed by atoms with Crippen LogP contribution in [0.4, 0.5) is 10.2 Å². The van der Waals surface area contributed by atoms with Crippen molar-refractivity contribution in [3.05, 3.63) is 59.0 Å². The van der Waals surface area contributed by atoms with Crippen LogP contribution in [0.15, 0.2) is 36.5 Å². The Kier molecular flexibility index (Phi) is 3.56. The molecule has 0 fully saturated rings. The van der Waals surface area contributed by atoms with Crippen LogP contribution in [0.3, 0.4) is 0 Å². The number of aromatic nitrogens is 1. The van der Waals surface area contributed by atoms with Gasteiger partial charge >= 0.3 is 5.97 Å². The summed E-state index contributed by atoms with van der Waals surface area (Å²) in [6, 6.07) is 9.24. The van der Waals surface area contributed by atoms with E-state index in [1.807, 2.05) is 23.1 Å². The van der Waals surface area contributed by atoms with Crippen LogP contribution in [-0.4, -0.2) is 22.6 Å². The summed E-state index contributed by atoms with van der Waals surface area (Å²) < 4.78 is 14.3. The molecule has 0 atom stereocenters. The molecule has 0 spiro atoms. The Bertz CT molecular complexity index is 688. The molecule has 5 heteroatoms. The van der Waals surface area contributed by atoms with Crippen LogP contribution in [0, 0.1) is 5.82 Å². The average molecular weight is 286 g/mol. The lowest BCUT2D eigenvalue weighted by Gasteiger charge is -2.22. The molecular weight excluding hydrogens is 271 g/mol. The van der Waals surface area contributed by atoms with E-state index in [1.165, 1.54) is 17.8 Å². The maximum Gasteiger partial charge on any atom is 0.338 e. The molecule has 3 rings (SSSR count). The molecule has 2 heterocycles. The second-order valence-corrected chi connectivity index (χ2v) is 5.10. The lowest BCUT2D eigenvalue weighted by atomic mass is 10.0. The van der Waals surface area contributed by atoms with Crippen molar-refractivity contribution < 1.29 is 14.3 Å². The maximum atomic E-state index is 14.3. The van der Waals surface area contributed by atoms with Crippen LogP contribution in [0.5, 0.6) is 0 Å². The number of carbonyl (C=O) groups is 1. The SMILES string of the molecule is O=C(O)c1ccnc(N2CCCc3ccccc3C2)c1F. The third-order valence-corrected chi connectivity index (χ3v) is 3.75. The maximum absolute atomic E-state index is 14.3. The number of anilines is 1. The minimum atomic E-state index is -1.27. The third kappa shape index (κ3) is 2.59. The van der Waals surface area contributed by atoms with E-state index >= 15 is 0 Å². The van der Waals surface area contributed by atoms with Gasteiger partial charge in [0, 0.05) is 19.3 Å². The highest BCUT2D eigenvalue weighted by atomic mass is 19.1. The second kappa shape index (κ2) is 5.52. The summed E-state index contributed by atoms with van der Waals surface area (Å²) in [6.07, 6.45) is 3.17. The average Bonchev–Trinajstić information content (AvgIpc) is 2.69. The minimum Gasteiger partial charge on any atom is -0.478 e. The monoisotopic (exact) mass is 286 g/mol. The van der Waals surface area contributed by atoms with Gasteiger partial charge in [0.2, 0.25) is 0 Å². The van der Waals surface area contributed by atoms with Crippen molar-refractivity contribution in [1.82, 2.24) is 4.98 Å². The molecule has 0 radical (unpaired) electrons. The number of pyridine rings is 1. The number of halogens is 1. The zero-order chi connectivity index (χ0) is 14.8. The highest BCUT2D eigenvalue weighted by Crippen LogP contribution is 2.25. The Morgan fingerprint density at radius 2 is 2.00 bits per heavy atom. The van der Waals surface area contributed by atoms with E-state index in [0.717, 1.165) is 18.4 Å². The number of hydrogen-bond acceptors (Lipinski definition) is 3. The molecule has 0 saturated carbocycles. The Morgan fingerprint density at radius 1 is 1.24 bits per heavy atom. The van der Waals surface area contributed by atoms with Crippen molar-refractivity contribution in [3.63, 3.8) is 0 Å². The van der Waals surface area contributed by atoms with Gasteiger partial charge in [-0.15, -0.1) is 0 Å². The number of benzene rings is 1. The van der Waals surface area contributed by atoms with Gasteiger partial charge in [0.15, 0.2) is 11.6 Å². The van der Waals surface area contributed by atoms with Crippen molar-refractivity contribution in [3.8, 4) is 0 Å². The number of carboxylic acid groups (broad SMARTS) is 1. The van der Waals surface area contributed by atoms with Gasteiger partial charge in [-0.2, -0.15) is 0 Å². The number of hydrogen-bond donors (Lipinski definition) is 1. The number of nitrogens with zero attached hydrogens (tertiary/aromatic N) is 2. The first-order chi connectivity index (χ1) is 10.2. The zero-order valence-electron chi connectivity index (χ0n) is 11.4. The molecule has 1 aromatic heterocycles. The standard InChI is InChI=1S/C16H15FN2O2/c17-14-13(16(20)21)7-8-18-15(14)19-9-3-6-11-4-1-2-5-12(11)10-19/h1-2,4-5,7-8H,3,6,9-10H2,(H,20,21). The Balaban J connectivity index is 1.98.